The van der Waals surface area contributed by atoms with Gasteiger partial charge in [-0.2, -0.15) is 0 Å². The molecule has 174 valence electrons. The first-order valence-corrected chi connectivity index (χ1v) is 12.5. The van der Waals surface area contributed by atoms with Crippen LogP contribution in [0.2, 0.25) is 10.0 Å². The number of benzene rings is 3. The summed E-state index contributed by atoms with van der Waals surface area (Å²) in [7, 11) is 0. The van der Waals surface area contributed by atoms with E-state index < -0.39 is 0 Å². The fraction of sp³-hybridized carbons (Fsp3) is 0.138. The topological polar surface area (TPSA) is 38.4 Å². The number of rotatable bonds is 4. The predicted octanol–water partition coefficient (Wildman–Crippen LogP) is 7.97. The van der Waals surface area contributed by atoms with Crippen LogP contribution in [-0.2, 0) is 13.0 Å². The van der Waals surface area contributed by atoms with Crippen molar-refractivity contribution in [3.63, 3.8) is 0 Å². The Labute approximate surface area is 213 Å². The summed E-state index contributed by atoms with van der Waals surface area (Å²) in [5.41, 5.74) is 7.84. The van der Waals surface area contributed by atoms with Gasteiger partial charge in [0.15, 0.2) is 0 Å². The average molecular weight is 500 g/mol. The molecule has 35 heavy (non-hydrogen) atoms. The van der Waals surface area contributed by atoms with Gasteiger partial charge >= 0.3 is 0 Å². The molecule has 1 amide bonds. The molecule has 6 heteroatoms. The van der Waals surface area contributed by atoms with Gasteiger partial charge in [-0.1, -0.05) is 83.9 Å². The molecule has 4 nitrogen and oxygen atoms in total. The number of halogens is 2. The molecule has 0 radical (unpaired) electrons. The number of hydrogen-bond acceptors (Lipinski definition) is 1. The molecular weight excluding hydrogens is 477 g/mol. The maximum absolute atomic E-state index is 13.9. The van der Waals surface area contributed by atoms with Crippen LogP contribution >= 0.6 is 23.2 Å². The van der Waals surface area contributed by atoms with Gasteiger partial charge in [-0.05, 0) is 48.6 Å². The number of carbonyl (C=O) groups excluding carboxylic acids is 1. The second-order valence-corrected chi connectivity index (χ2v) is 9.65. The third-order valence-electron chi connectivity index (χ3n) is 6.66. The largest absolute Gasteiger partial charge is 0.325 e. The van der Waals surface area contributed by atoms with Crippen LogP contribution in [0, 0.1) is 0 Å². The molecule has 3 aromatic carbocycles. The summed E-state index contributed by atoms with van der Waals surface area (Å²) in [5, 5.41) is 3.91. The SMILES string of the molecule is O=C(Nc1ccc(Cl)c(Cl)c1)c1c(-c2ccccc2)c2c3n(c(-c4ccccc4)cn13)CCCC2. The molecule has 0 unspecified atom stereocenters. The minimum atomic E-state index is -0.180. The van der Waals surface area contributed by atoms with Crippen LogP contribution in [0.1, 0.15) is 28.9 Å². The number of carbonyl (C=O) groups is 1. The Kier molecular flexibility index (Phi) is 5.63. The maximum Gasteiger partial charge on any atom is 0.273 e. The highest BCUT2D eigenvalue weighted by Crippen LogP contribution is 2.39. The van der Waals surface area contributed by atoms with Gasteiger partial charge < -0.3 is 9.88 Å². The summed E-state index contributed by atoms with van der Waals surface area (Å²) in [4.78, 5) is 13.9. The minimum Gasteiger partial charge on any atom is -0.325 e. The molecule has 3 heterocycles. The summed E-state index contributed by atoms with van der Waals surface area (Å²) in [6, 6.07) is 25.7. The number of imidazole rings is 1. The fourth-order valence-electron chi connectivity index (χ4n) is 5.13. The molecule has 0 saturated heterocycles. The second kappa shape index (κ2) is 8.95. The Morgan fingerprint density at radius 3 is 2.26 bits per heavy atom. The van der Waals surface area contributed by atoms with Gasteiger partial charge in [0.1, 0.15) is 11.3 Å². The molecule has 0 fully saturated rings. The van der Waals surface area contributed by atoms with E-state index in [0.29, 0.717) is 21.4 Å². The van der Waals surface area contributed by atoms with Crippen LogP contribution in [-0.4, -0.2) is 14.9 Å². The number of amides is 1. The van der Waals surface area contributed by atoms with Crippen molar-refractivity contribution in [1.29, 1.82) is 0 Å². The van der Waals surface area contributed by atoms with E-state index in [0.717, 1.165) is 53.8 Å². The molecule has 0 bridgehead atoms. The fourth-order valence-corrected chi connectivity index (χ4v) is 5.43. The summed E-state index contributed by atoms with van der Waals surface area (Å²) in [6.45, 7) is 0.916. The van der Waals surface area contributed by atoms with Gasteiger partial charge in [0, 0.05) is 29.6 Å². The van der Waals surface area contributed by atoms with Crippen molar-refractivity contribution in [3.05, 3.63) is 106 Å². The maximum atomic E-state index is 13.9. The van der Waals surface area contributed by atoms with E-state index in [4.69, 9.17) is 23.2 Å². The van der Waals surface area contributed by atoms with Crippen LogP contribution in [0.4, 0.5) is 5.69 Å². The lowest BCUT2D eigenvalue weighted by atomic mass is 9.98. The number of anilines is 1. The van der Waals surface area contributed by atoms with Crippen molar-refractivity contribution in [2.75, 3.05) is 5.32 Å². The van der Waals surface area contributed by atoms with E-state index >= 15 is 0 Å². The van der Waals surface area contributed by atoms with E-state index in [1.807, 2.05) is 24.3 Å². The monoisotopic (exact) mass is 499 g/mol. The van der Waals surface area contributed by atoms with Crippen LogP contribution in [0.15, 0.2) is 85.1 Å². The van der Waals surface area contributed by atoms with Gasteiger partial charge in [0.25, 0.3) is 5.91 Å². The van der Waals surface area contributed by atoms with Crippen LogP contribution in [0.5, 0.6) is 0 Å². The number of aromatic nitrogens is 2. The van der Waals surface area contributed by atoms with Gasteiger partial charge in [0.05, 0.1) is 15.7 Å². The van der Waals surface area contributed by atoms with Gasteiger partial charge in [0.2, 0.25) is 0 Å². The van der Waals surface area contributed by atoms with E-state index in [9.17, 15) is 4.79 Å². The lowest BCUT2D eigenvalue weighted by Gasteiger charge is -2.10. The highest BCUT2D eigenvalue weighted by Gasteiger charge is 2.29. The van der Waals surface area contributed by atoms with Crippen molar-refractivity contribution < 1.29 is 4.79 Å². The van der Waals surface area contributed by atoms with Gasteiger partial charge in [-0.15, -0.1) is 0 Å². The zero-order valence-electron chi connectivity index (χ0n) is 19.0. The first-order chi connectivity index (χ1) is 17.1. The molecule has 0 aliphatic carbocycles. The first-order valence-electron chi connectivity index (χ1n) is 11.8. The Morgan fingerprint density at radius 1 is 0.829 bits per heavy atom. The summed E-state index contributed by atoms with van der Waals surface area (Å²) >= 11 is 12.3. The lowest BCUT2D eigenvalue weighted by molar-refractivity contribution is 0.102. The molecule has 5 aromatic rings. The first kappa shape index (κ1) is 22.0. The molecule has 0 spiro atoms. The standard InChI is InChI=1S/C29H23Cl2N3O/c30-23-15-14-21(17-24(23)31)32-28(35)27-26(20-11-5-2-6-12-20)22-13-7-8-16-33-25(18-34(27)29(22)33)19-9-3-1-4-10-19/h1-6,9-12,14-15,17-18H,7-8,13,16H2,(H,32,35). The van der Waals surface area contributed by atoms with E-state index in [1.165, 1.54) is 5.56 Å². The van der Waals surface area contributed by atoms with Crippen molar-refractivity contribution in [2.24, 2.45) is 0 Å². The quantitative estimate of drug-likeness (QED) is 0.267. The zero-order chi connectivity index (χ0) is 23.9. The van der Waals surface area contributed by atoms with Crippen LogP contribution < -0.4 is 5.32 Å². The van der Waals surface area contributed by atoms with Crippen LogP contribution in [0.3, 0.4) is 0 Å². The van der Waals surface area contributed by atoms with Crippen molar-refractivity contribution in [2.45, 2.75) is 25.8 Å². The number of aryl methyl sites for hydroxylation is 2. The third kappa shape index (κ3) is 3.83. The highest BCUT2D eigenvalue weighted by atomic mass is 35.5. The van der Waals surface area contributed by atoms with E-state index in [-0.39, 0.29) is 5.91 Å². The summed E-state index contributed by atoms with van der Waals surface area (Å²) in [6.07, 6.45) is 5.20. The Hall–Kier alpha value is -3.47. The Balaban J connectivity index is 1.60. The average Bonchev–Trinajstić information content (AvgIpc) is 3.30. The normalized spacial score (nSPS) is 13.1. The molecule has 0 saturated carbocycles. The van der Waals surface area contributed by atoms with E-state index in [1.54, 1.807) is 18.2 Å². The molecule has 6 rings (SSSR count). The van der Waals surface area contributed by atoms with Gasteiger partial charge in [-0.3, -0.25) is 9.20 Å². The zero-order valence-corrected chi connectivity index (χ0v) is 20.5. The van der Waals surface area contributed by atoms with Crippen LogP contribution in [0.25, 0.3) is 28.0 Å². The predicted molar refractivity (Wildman–Crippen MR) is 144 cm³/mol. The van der Waals surface area contributed by atoms with Gasteiger partial charge in [-0.25, -0.2) is 0 Å². The van der Waals surface area contributed by atoms with Crippen molar-refractivity contribution in [3.8, 4) is 22.4 Å². The number of hydrogen-bond donors (Lipinski definition) is 1. The molecule has 1 aliphatic heterocycles. The lowest BCUT2D eigenvalue weighted by Crippen LogP contribution is -2.15. The number of nitrogens with zero attached hydrogens (tertiary/aromatic N) is 2. The van der Waals surface area contributed by atoms with E-state index in [2.05, 4.69) is 56.9 Å². The molecule has 1 N–H and O–H groups in total. The molecule has 0 atom stereocenters. The third-order valence-corrected chi connectivity index (χ3v) is 7.40. The summed E-state index contributed by atoms with van der Waals surface area (Å²) < 4.78 is 4.46. The molecular formula is C29H23Cl2N3O. The van der Waals surface area contributed by atoms with Crippen molar-refractivity contribution in [1.82, 2.24) is 8.97 Å². The number of nitrogens with one attached hydrogen (secondary N) is 1. The Morgan fingerprint density at radius 2 is 1.54 bits per heavy atom. The molecule has 1 aliphatic rings. The summed E-state index contributed by atoms with van der Waals surface area (Å²) in [5.74, 6) is -0.180. The molecule has 2 aromatic heterocycles. The minimum absolute atomic E-state index is 0.180. The highest BCUT2D eigenvalue weighted by molar-refractivity contribution is 6.42. The Bertz CT molecular complexity index is 1550. The van der Waals surface area contributed by atoms with Crippen molar-refractivity contribution >= 4 is 40.4 Å². The smallest absolute Gasteiger partial charge is 0.273 e. The second-order valence-electron chi connectivity index (χ2n) is 8.83.